The number of hydrogen-bond acceptors (Lipinski definition) is 4. The molecular weight excluding hydrogens is 484 g/mol. The highest BCUT2D eigenvalue weighted by molar-refractivity contribution is 6.30. The molecule has 0 bridgehead atoms. The first-order chi connectivity index (χ1) is 18.1. The van der Waals surface area contributed by atoms with E-state index in [1.165, 1.54) is 5.57 Å². The number of carbonyl (C=O) groups excluding carboxylic acids is 1. The summed E-state index contributed by atoms with van der Waals surface area (Å²) in [4.78, 5) is 13.5. The first kappa shape index (κ1) is 24.8. The number of hydrazone groups is 1. The fraction of sp³-hybridized carbons (Fsp3) is 0.226. The van der Waals surface area contributed by atoms with Crippen LogP contribution in [-0.4, -0.2) is 30.8 Å². The molecule has 6 heteroatoms. The lowest BCUT2D eigenvalue weighted by Gasteiger charge is -2.29. The number of allylic oxidation sites excluding steroid dienone is 1. The Morgan fingerprint density at radius 1 is 0.919 bits per heavy atom. The molecule has 5 nitrogen and oxygen atoms in total. The topological polar surface area (TPSA) is 51.1 Å². The van der Waals surface area contributed by atoms with E-state index in [-0.39, 0.29) is 17.9 Å². The van der Waals surface area contributed by atoms with E-state index in [1.54, 1.807) is 31.4 Å². The molecule has 1 heterocycles. The monoisotopic (exact) mass is 512 g/mol. The largest absolute Gasteiger partial charge is 0.497 e. The Morgan fingerprint density at radius 2 is 1.54 bits per heavy atom. The average Bonchev–Trinajstić information content (AvgIpc) is 3.34. The van der Waals surface area contributed by atoms with Gasteiger partial charge in [-0.05, 0) is 90.1 Å². The van der Waals surface area contributed by atoms with E-state index >= 15 is 0 Å². The molecule has 2 atom stereocenters. The van der Waals surface area contributed by atoms with Gasteiger partial charge in [0.1, 0.15) is 11.5 Å². The molecule has 1 aliphatic carbocycles. The third-order valence-corrected chi connectivity index (χ3v) is 7.18. The maximum absolute atomic E-state index is 13.5. The van der Waals surface area contributed by atoms with Crippen molar-refractivity contribution >= 4 is 35.4 Å². The van der Waals surface area contributed by atoms with E-state index in [0.29, 0.717) is 5.02 Å². The van der Waals surface area contributed by atoms with E-state index in [0.717, 1.165) is 53.2 Å². The SMILES string of the molecule is COc1ccc(/C=C2/CCC[C@@H]3C2=NN(C(=O)/C=C/c2ccc(Cl)cc2)[C@H]3c2ccc(OC)cc2)cc1. The van der Waals surface area contributed by atoms with Crippen LogP contribution in [-0.2, 0) is 4.79 Å². The maximum Gasteiger partial charge on any atom is 0.267 e. The summed E-state index contributed by atoms with van der Waals surface area (Å²) in [7, 11) is 3.32. The molecule has 1 aliphatic heterocycles. The zero-order valence-electron chi connectivity index (χ0n) is 20.9. The number of amides is 1. The number of nitrogens with zero attached hydrogens (tertiary/aromatic N) is 2. The first-order valence-electron chi connectivity index (χ1n) is 12.4. The molecular formula is C31H29ClN2O3. The molecule has 0 spiro atoms. The molecule has 1 fully saturated rings. The number of methoxy groups -OCH3 is 2. The number of ether oxygens (including phenoxy) is 2. The van der Waals surface area contributed by atoms with Crippen LogP contribution in [0.3, 0.4) is 0 Å². The molecule has 0 saturated heterocycles. The van der Waals surface area contributed by atoms with Crippen molar-refractivity contribution in [1.82, 2.24) is 5.01 Å². The summed E-state index contributed by atoms with van der Waals surface area (Å²) in [5, 5.41) is 7.27. The highest BCUT2D eigenvalue weighted by atomic mass is 35.5. The Hall–Kier alpha value is -3.83. The minimum absolute atomic E-state index is 0.125. The maximum atomic E-state index is 13.5. The second kappa shape index (κ2) is 11.1. The number of halogens is 1. The highest BCUT2D eigenvalue weighted by Gasteiger charge is 2.43. The fourth-order valence-corrected chi connectivity index (χ4v) is 5.16. The molecule has 37 heavy (non-hydrogen) atoms. The summed E-state index contributed by atoms with van der Waals surface area (Å²) in [5.74, 6) is 1.58. The van der Waals surface area contributed by atoms with Crippen molar-refractivity contribution in [2.45, 2.75) is 25.3 Å². The van der Waals surface area contributed by atoms with Gasteiger partial charge >= 0.3 is 0 Å². The van der Waals surface area contributed by atoms with Gasteiger partial charge in [-0.25, -0.2) is 5.01 Å². The second-order valence-electron chi connectivity index (χ2n) is 9.21. The van der Waals surface area contributed by atoms with E-state index in [4.69, 9.17) is 26.2 Å². The van der Waals surface area contributed by atoms with Crippen molar-refractivity contribution in [3.05, 3.63) is 106 Å². The summed E-state index contributed by atoms with van der Waals surface area (Å²) in [6, 6.07) is 23.2. The molecule has 1 amide bonds. The molecule has 1 saturated carbocycles. The van der Waals surface area contributed by atoms with Crippen molar-refractivity contribution in [3.63, 3.8) is 0 Å². The minimum Gasteiger partial charge on any atom is -0.497 e. The molecule has 188 valence electrons. The number of hydrogen-bond donors (Lipinski definition) is 0. The van der Waals surface area contributed by atoms with Crippen molar-refractivity contribution in [3.8, 4) is 11.5 Å². The van der Waals surface area contributed by atoms with Gasteiger partial charge in [0.2, 0.25) is 0 Å². The van der Waals surface area contributed by atoms with Crippen LogP contribution in [0.5, 0.6) is 11.5 Å². The van der Waals surface area contributed by atoms with E-state index in [2.05, 4.69) is 6.08 Å². The Bertz CT molecular complexity index is 1340. The van der Waals surface area contributed by atoms with Crippen molar-refractivity contribution in [2.24, 2.45) is 11.0 Å². The third kappa shape index (κ3) is 5.47. The van der Waals surface area contributed by atoms with Gasteiger partial charge in [0, 0.05) is 17.0 Å². The van der Waals surface area contributed by atoms with Crippen molar-refractivity contribution in [2.75, 3.05) is 14.2 Å². The zero-order chi connectivity index (χ0) is 25.8. The molecule has 0 unspecified atom stereocenters. The third-order valence-electron chi connectivity index (χ3n) is 6.93. The van der Waals surface area contributed by atoms with Gasteiger partial charge in [0.25, 0.3) is 5.91 Å². The second-order valence-corrected chi connectivity index (χ2v) is 9.65. The number of carbonyl (C=O) groups is 1. The normalized spacial score (nSPS) is 20.1. The highest BCUT2D eigenvalue weighted by Crippen LogP contribution is 2.44. The standard InChI is InChI=1S/C31H29ClN2O3/c1-36-26-15-8-22(9-16-26)20-24-4-3-5-28-30(24)33-34(31(28)23-11-17-27(37-2)18-12-23)29(35)19-10-21-6-13-25(32)14-7-21/h6-20,28,31H,3-5H2,1-2H3/b19-10+,24-20-/t28-,31+/m1/s1. The molecule has 0 aromatic heterocycles. The van der Waals surface area contributed by atoms with Gasteiger partial charge in [-0.1, -0.05) is 48.0 Å². The predicted molar refractivity (Wildman–Crippen MR) is 149 cm³/mol. The Labute approximate surface area is 222 Å². The van der Waals surface area contributed by atoms with E-state index in [9.17, 15) is 4.79 Å². The van der Waals surface area contributed by atoms with Crippen LogP contribution >= 0.6 is 11.6 Å². The quantitative estimate of drug-likeness (QED) is 0.328. The van der Waals surface area contributed by atoms with Gasteiger partial charge in [-0.15, -0.1) is 0 Å². The van der Waals surface area contributed by atoms with Gasteiger partial charge in [-0.3, -0.25) is 4.79 Å². The van der Waals surface area contributed by atoms with Crippen LogP contribution in [0.1, 0.15) is 42.0 Å². The summed E-state index contributed by atoms with van der Waals surface area (Å²) in [5.41, 5.74) is 5.21. The molecule has 3 aromatic carbocycles. The van der Waals surface area contributed by atoms with Crippen LogP contribution in [0, 0.1) is 5.92 Å². The Morgan fingerprint density at radius 3 is 2.19 bits per heavy atom. The zero-order valence-corrected chi connectivity index (χ0v) is 21.7. The lowest BCUT2D eigenvalue weighted by Crippen LogP contribution is -2.30. The van der Waals surface area contributed by atoms with Gasteiger partial charge in [0.15, 0.2) is 0 Å². The van der Waals surface area contributed by atoms with Crippen molar-refractivity contribution < 1.29 is 14.3 Å². The van der Waals surface area contributed by atoms with Gasteiger partial charge in [-0.2, -0.15) is 5.10 Å². The number of benzene rings is 3. The summed E-state index contributed by atoms with van der Waals surface area (Å²) in [6.45, 7) is 0. The van der Waals surface area contributed by atoms with Crippen molar-refractivity contribution in [1.29, 1.82) is 0 Å². The van der Waals surface area contributed by atoms with Crippen LogP contribution < -0.4 is 9.47 Å². The molecule has 2 aliphatic rings. The molecule has 5 rings (SSSR count). The first-order valence-corrected chi connectivity index (χ1v) is 12.8. The van der Waals surface area contributed by atoms with Crippen LogP contribution in [0.25, 0.3) is 12.2 Å². The minimum atomic E-state index is -0.178. The number of rotatable bonds is 6. The fourth-order valence-electron chi connectivity index (χ4n) is 5.04. The average molecular weight is 513 g/mol. The summed E-state index contributed by atoms with van der Waals surface area (Å²) in [6.07, 6.45) is 8.53. The Balaban J connectivity index is 1.49. The summed E-state index contributed by atoms with van der Waals surface area (Å²) >= 11 is 6.01. The van der Waals surface area contributed by atoms with Gasteiger partial charge < -0.3 is 9.47 Å². The van der Waals surface area contributed by atoms with E-state index < -0.39 is 0 Å². The molecule has 0 N–H and O–H groups in total. The van der Waals surface area contributed by atoms with Crippen LogP contribution in [0.2, 0.25) is 5.02 Å². The predicted octanol–water partition coefficient (Wildman–Crippen LogP) is 7.19. The summed E-state index contributed by atoms with van der Waals surface area (Å²) < 4.78 is 10.7. The van der Waals surface area contributed by atoms with Crippen LogP contribution in [0.15, 0.2) is 89.5 Å². The smallest absolute Gasteiger partial charge is 0.267 e. The Kier molecular flexibility index (Phi) is 7.42. The van der Waals surface area contributed by atoms with Gasteiger partial charge in [0.05, 0.1) is 26.0 Å². The molecule has 3 aromatic rings. The van der Waals surface area contributed by atoms with Crippen LogP contribution in [0.4, 0.5) is 0 Å². The van der Waals surface area contributed by atoms with E-state index in [1.807, 2.05) is 72.8 Å². The molecule has 0 radical (unpaired) electrons. The lowest BCUT2D eigenvalue weighted by molar-refractivity contribution is -0.128. The number of fused-ring (bicyclic) bond motifs is 1. The lowest BCUT2D eigenvalue weighted by atomic mass is 9.77.